The number of amides is 2. The van der Waals surface area contributed by atoms with Gasteiger partial charge < -0.3 is 15.3 Å². The predicted molar refractivity (Wildman–Crippen MR) is 75.5 cm³/mol. The van der Waals surface area contributed by atoms with Crippen molar-refractivity contribution >= 4 is 12.0 Å². The molecule has 1 saturated heterocycles. The Kier molecular flexibility index (Phi) is 4.61. The zero-order chi connectivity index (χ0) is 14.5. The first-order valence-corrected chi connectivity index (χ1v) is 6.91. The number of aliphatic carboxylic acids is 1. The van der Waals surface area contributed by atoms with E-state index in [1.807, 2.05) is 30.0 Å². The zero-order valence-corrected chi connectivity index (χ0v) is 11.6. The molecule has 0 saturated carbocycles. The molecule has 5 heteroatoms. The van der Waals surface area contributed by atoms with E-state index in [-0.39, 0.29) is 25.0 Å². The number of urea groups is 1. The number of carboxylic acids is 1. The molecule has 1 aliphatic rings. The average molecular weight is 276 g/mol. The molecule has 2 N–H and O–H groups in total. The van der Waals surface area contributed by atoms with Crippen molar-refractivity contribution in [2.24, 2.45) is 0 Å². The summed E-state index contributed by atoms with van der Waals surface area (Å²) in [6.07, 6.45) is 1.89. The molecule has 2 amide bonds. The summed E-state index contributed by atoms with van der Waals surface area (Å²) in [6, 6.07) is 8.02. The Hall–Kier alpha value is -2.04. The van der Waals surface area contributed by atoms with Gasteiger partial charge in [-0.3, -0.25) is 4.79 Å². The highest BCUT2D eigenvalue weighted by Gasteiger charge is 2.30. The van der Waals surface area contributed by atoms with Crippen molar-refractivity contribution in [3.63, 3.8) is 0 Å². The molecule has 1 fully saturated rings. The second kappa shape index (κ2) is 6.41. The third kappa shape index (κ3) is 3.29. The van der Waals surface area contributed by atoms with Crippen LogP contribution in [0.15, 0.2) is 24.3 Å². The molecular weight excluding hydrogens is 256 g/mol. The first-order valence-electron chi connectivity index (χ1n) is 6.91. The molecule has 20 heavy (non-hydrogen) atoms. The first kappa shape index (κ1) is 14.4. The quantitative estimate of drug-likeness (QED) is 0.886. The zero-order valence-electron chi connectivity index (χ0n) is 11.6. The van der Waals surface area contributed by atoms with Crippen molar-refractivity contribution < 1.29 is 14.7 Å². The Labute approximate surface area is 118 Å². The van der Waals surface area contributed by atoms with Crippen LogP contribution >= 0.6 is 0 Å². The Morgan fingerprint density at radius 3 is 2.85 bits per heavy atom. The number of hydrogen-bond acceptors (Lipinski definition) is 2. The number of hydrogen-bond donors (Lipinski definition) is 2. The van der Waals surface area contributed by atoms with E-state index in [4.69, 9.17) is 5.11 Å². The summed E-state index contributed by atoms with van der Waals surface area (Å²) in [7, 11) is 0. The summed E-state index contributed by atoms with van der Waals surface area (Å²) < 4.78 is 0. The molecule has 0 bridgehead atoms. The van der Waals surface area contributed by atoms with Crippen molar-refractivity contribution in [1.29, 1.82) is 0 Å². The monoisotopic (exact) mass is 276 g/mol. The molecule has 0 aromatic heterocycles. The minimum absolute atomic E-state index is 0.0470. The van der Waals surface area contributed by atoms with Crippen molar-refractivity contribution in [2.75, 3.05) is 13.1 Å². The van der Waals surface area contributed by atoms with Crippen LogP contribution in [-0.2, 0) is 4.79 Å². The van der Waals surface area contributed by atoms with E-state index in [0.29, 0.717) is 0 Å². The largest absolute Gasteiger partial charge is 0.481 e. The van der Waals surface area contributed by atoms with E-state index in [2.05, 4.69) is 11.4 Å². The van der Waals surface area contributed by atoms with Crippen molar-refractivity contribution in [3.05, 3.63) is 35.4 Å². The number of likely N-dealkylation sites (tertiary alicyclic amines) is 1. The summed E-state index contributed by atoms with van der Waals surface area (Å²) in [6.45, 7) is 2.94. The third-order valence-electron chi connectivity index (χ3n) is 3.68. The van der Waals surface area contributed by atoms with Crippen LogP contribution in [0.25, 0.3) is 0 Å². The Morgan fingerprint density at radius 1 is 1.40 bits per heavy atom. The SMILES string of the molecule is Cc1ccccc1C1CCCN1C(=O)NCCC(=O)O. The predicted octanol–water partition coefficient (Wildman–Crippen LogP) is 2.32. The Bertz CT molecular complexity index is 502. The van der Waals surface area contributed by atoms with Gasteiger partial charge in [0.05, 0.1) is 12.5 Å². The number of nitrogens with zero attached hydrogens (tertiary/aromatic N) is 1. The number of carbonyl (C=O) groups excluding carboxylic acids is 1. The van der Waals surface area contributed by atoms with E-state index in [9.17, 15) is 9.59 Å². The van der Waals surface area contributed by atoms with Gasteiger partial charge in [-0.15, -0.1) is 0 Å². The second-order valence-electron chi connectivity index (χ2n) is 5.08. The molecule has 0 radical (unpaired) electrons. The number of carbonyl (C=O) groups is 2. The van der Waals surface area contributed by atoms with Crippen LogP contribution in [0.4, 0.5) is 4.79 Å². The molecule has 1 heterocycles. The highest BCUT2D eigenvalue weighted by atomic mass is 16.4. The lowest BCUT2D eigenvalue weighted by atomic mass is 9.99. The van der Waals surface area contributed by atoms with E-state index < -0.39 is 5.97 Å². The van der Waals surface area contributed by atoms with Crippen LogP contribution in [0.1, 0.15) is 36.4 Å². The van der Waals surface area contributed by atoms with Crippen molar-refractivity contribution in [1.82, 2.24) is 10.2 Å². The molecule has 0 spiro atoms. The fraction of sp³-hybridized carbons (Fsp3) is 0.467. The lowest BCUT2D eigenvalue weighted by Crippen LogP contribution is -2.40. The average Bonchev–Trinajstić information content (AvgIpc) is 2.87. The maximum absolute atomic E-state index is 12.1. The van der Waals surface area contributed by atoms with Gasteiger partial charge in [0.15, 0.2) is 0 Å². The van der Waals surface area contributed by atoms with Crippen LogP contribution < -0.4 is 5.32 Å². The topological polar surface area (TPSA) is 69.6 Å². The van der Waals surface area contributed by atoms with Gasteiger partial charge in [-0.25, -0.2) is 4.79 Å². The summed E-state index contributed by atoms with van der Waals surface area (Å²) in [5, 5.41) is 11.3. The van der Waals surface area contributed by atoms with Crippen LogP contribution in [0, 0.1) is 6.92 Å². The fourth-order valence-electron chi connectivity index (χ4n) is 2.67. The smallest absolute Gasteiger partial charge is 0.317 e. The second-order valence-corrected chi connectivity index (χ2v) is 5.08. The third-order valence-corrected chi connectivity index (χ3v) is 3.68. The minimum Gasteiger partial charge on any atom is -0.481 e. The van der Waals surface area contributed by atoms with Gasteiger partial charge in [-0.05, 0) is 30.9 Å². The van der Waals surface area contributed by atoms with Gasteiger partial charge >= 0.3 is 12.0 Å². The molecular formula is C15H20N2O3. The van der Waals surface area contributed by atoms with Gasteiger partial charge in [-0.2, -0.15) is 0 Å². The number of carboxylic acid groups (broad SMARTS) is 1. The van der Waals surface area contributed by atoms with Crippen LogP contribution in [0.2, 0.25) is 0 Å². The molecule has 1 aromatic rings. The molecule has 2 rings (SSSR count). The number of aryl methyl sites for hydroxylation is 1. The van der Waals surface area contributed by atoms with E-state index in [0.717, 1.165) is 19.4 Å². The van der Waals surface area contributed by atoms with Crippen LogP contribution in [0.3, 0.4) is 0 Å². The summed E-state index contributed by atoms with van der Waals surface area (Å²) in [5.74, 6) is -0.901. The Morgan fingerprint density at radius 2 is 2.15 bits per heavy atom. The molecule has 1 aliphatic heterocycles. The standard InChI is InChI=1S/C15H20N2O3/c1-11-5-2-3-6-12(11)13-7-4-10-17(13)15(20)16-9-8-14(18)19/h2-3,5-6,13H,4,7-10H2,1H3,(H,16,20)(H,18,19). The van der Waals surface area contributed by atoms with Gasteiger partial charge in [0.1, 0.15) is 0 Å². The molecule has 5 nitrogen and oxygen atoms in total. The lowest BCUT2D eigenvalue weighted by Gasteiger charge is -2.26. The molecule has 108 valence electrons. The van der Waals surface area contributed by atoms with Crippen LogP contribution in [-0.4, -0.2) is 35.1 Å². The number of nitrogens with one attached hydrogen (secondary N) is 1. The maximum Gasteiger partial charge on any atom is 0.317 e. The maximum atomic E-state index is 12.1. The Balaban J connectivity index is 2.02. The van der Waals surface area contributed by atoms with Gasteiger partial charge in [0, 0.05) is 13.1 Å². The minimum atomic E-state index is -0.901. The number of benzene rings is 1. The van der Waals surface area contributed by atoms with Gasteiger partial charge in [0.25, 0.3) is 0 Å². The highest BCUT2D eigenvalue weighted by Crippen LogP contribution is 2.33. The molecule has 0 aliphatic carbocycles. The molecule has 1 unspecified atom stereocenters. The fourth-order valence-corrected chi connectivity index (χ4v) is 2.67. The van der Waals surface area contributed by atoms with E-state index in [1.54, 1.807) is 0 Å². The normalized spacial score (nSPS) is 18.1. The summed E-state index contributed by atoms with van der Waals surface area (Å²) in [5.41, 5.74) is 2.36. The van der Waals surface area contributed by atoms with Gasteiger partial charge in [0.2, 0.25) is 0 Å². The summed E-state index contributed by atoms with van der Waals surface area (Å²) >= 11 is 0. The van der Waals surface area contributed by atoms with E-state index in [1.165, 1.54) is 11.1 Å². The number of rotatable bonds is 4. The lowest BCUT2D eigenvalue weighted by molar-refractivity contribution is -0.136. The molecule has 1 aromatic carbocycles. The van der Waals surface area contributed by atoms with Crippen LogP contribution in [0.5, 0.6) is 0 Å². The van der Waals surface area contributed by atoms with E-state index >= 15 is 0 Å². The first-order chi connectivity index (χ1) is 9.59. The van der Waals surface area contributed by atoms with Crippen molar-refractivity contribution in [2.45, 2.75) is 32.2 Å². The van der Waals surface area contributed by atoms with Crippen molar-refractivity contribution in [3.8, 4) is 0 Å². The highest BCUT2D eigenvalue weighted by molar-refractivity contribution is 5.76. The molecule has 1 atom stereocenters. The van der Waals surface area contributed by atoms with Gasteiger partial charge in [-0.1, -0.05) is 24.3 Å². The summed E-state index contributed by atoms with van der Waals surface area (Å²) in [4.78, 5) is 24.4.